The van der Waals surface area contributed by atoms with Crippen LogP contribution in [0, 0.1) is 18.8 Å². The molecule has 20 heavy (non-hydrogen) atoms. The van der Waals surface area contributed by atoms with Gasteiger partial charge in [-0.3, -0.25) is 0 Å². The molecule has 0 spiro atoms. The largest absolute Gasteiger partial charge is 0.490 e. The Morgan fingerprint density at radius 1 is 1.20 bits per heavy atom. The van der Waals surface area contributed by atoms with Gasteiger partial charge in [0.2, 0.25) is 0 Å². The summed E-state index contributed by atoms with van der Waals surface area (Å²) in [4.78, 5) is 0. The van der Waals surface area contributed by atoms with Crippen LogP contribution in [-0.4, -0.2) is 6.10 Å². The molecule has 0 radical (unpaired) electrons. The van der Waals surface area contributed by atoms with E-state index in [4.69, 9.17) is 10.5 Å². The number of hydrogen-bond acceptors (Lipinski definition) is 2. The number of allylic oxidation sites excluding steroid dienone is 2. The SMILES string of the molecule is CC1=CC(C)CC(C2CC(N)c3cc(C)ccc3O2)C1. The predicted molar refractivity (Wildman–Crippen MR) is 82.8 cm³/mol. The molecule has 0 amide bonds. The van der Waals surface area contributed by atoms with E-state index in [9.17, 15) is 0 Å². The average molecular weight is 271 g/mol. The molecule has 2 aliphatic rings. The Balaban J connectivity index is 1.81. The predicted octanol–water partition coefficient (Wildman–Crippen LogP) is 4.14. The molecule has 1 aliphatic carbocycles. The Kier molecular flexibility index (Phi) is 3.59. The third-order valence-electron chi connectivity index (χ3n) is 4.68. The van der Waals surface area contributed by atoms with Crippen LogP contribution in [0.5, 0.6) is 5.75 Å². The van der Waals surface area contributed by atoms with Crippen molar-refractivity contribution in [2.45, 2.75) is 52.2 Å². The van der Waals surface area contributed by atoms with Crippen molar-refractivity contribution in [3.05, 3.63) is 41.0 Å². The monoisotopic (exact) mass is 271 g/mol. The van der Waals surface area contributed by atoms with Gasteiger partial charge in [0.25, 0.3) is 0 Å². The molecular formula is C18H25NO. The summed E-state index contributed by atoms with van der Waals surface area (Å²) in [7, 11) is 0. The molecule has 4 unspecified atom stereocenters. The fraction of sp³-hybridized carbons (Fsp3) is 0.556. The summed E-state index contributed by atoms with van der Waals surface area (Å²) in [5.74, 6) is 2.27. The van der Waals surface area contributed by atoms with E-state index in [-0.39, 0.29) is 12.1 Å². The first-order valence-electron chi connectivity index (χ1n) is 7.73. The second-order valence-electron chi connectivity index (χ2n) is 6.73. The van der Waals surface area contributed by atoms with E-state index in [1.165, 1.54) is 23.1 Å². The van der Waals surface area contributed by atoms with Crippen molar-refractivity contribution < 1.29 is 4.74 Å². The van der Waals surface area contributed by atoms with E-state index in [1.807, 2.05) is 0 Å². The van der Waals surface area contributed by atoms with Gasteiger partial charge in [0.1, 0.15) is 11.9 Å². The fourth-order valence-electron chi connectivity index (χ4n) is 3.82. The van der Waals surface area contributed by atoms with Crippen molar-refractivity contribution in [1.82, 2.24) is 0 Å². The van der Waals surface area contributed by atoms with Crippen LogP contribution in [0.2, 0.25) is 0 Å². The van der Waals surface area contributed by atoms with Gasteiger partial charge in [0.15, 0.2) is 0 Å². The van der Waals surface area contributed by atoms with Gasteiger partial charge in [-0.05, 0) is 38.7 Å². The Labute approximate surface area is 122 Å². The van der Waals surface area contributed by atoms with Gasteiger partial charge in [-0.1, -0.05) is 36.3 Å². The molecule has 2 N–H and O–H groups in total. The van der Waals surface area contributed by atoms with E-state index in [0.717, 1.165) is 18.6 Å². The zero-order valence-corrected chi connectivity index (χ0v) is 12.7. The van der Waals surface area contributed by atoms with Gasteiger partial charge in [-0.25, -0.2) is 0 Å². The van der Waals surface area contributed by atoms with Crippen molar-refractivity contribution in [1.29, 1.82) is 0 Å². The Morgan fingerprint density at radius 3 is 2.75 bits per heavy atom. The molecule has 108 valence electrons. The van der Waals surface area contributed by atoms with Gasteiger partial charge in [0, 0.05) is 23.9 Å². The lowest BCUT2D eigenvalue weighted by Crippen LogP contribution is -2.37. The average Bonchev–Trinajstić information content (AvgIpc) is 2.38. The zero-order valence-electron chi connectivity index (χ0n) is 12.7. The van der Waals surface area contributed by atoms with Crippen LogP contribution in [0.1, 0.15) is 50.3 Å². The first kappa shape index (κ1) is 13.7. The molecule has 0 saturated carbocycles. The minimum atomic E-state index is 0.116. The first-order valence-corrected chi connectivity index (χ1v) is 7.73. The van der Waals surface area contributed by atoms with E-state index in [1.54, 1.807) is 0 Å². The van der Waals surface area contributed by atoms with Crippen LogP contribution in [0.4, 0.5) is 0 Å². The number of fused-ring (bicyclic) bond motifs is 1. The maximum Gasteiger partial charge on any atom is 0.124 e. The van der Waals surface area contributed by atoms with Gasteiger partial charge < -0.3 is 10.5 Å². The maximum atomic E-state index is 6.39. The lowest BCUT2D eigenvalue weighted by Gasteiger charge is -2.38. The number of aryl methyl sites for hydroxylation is 1. The minimum absolute atomic E-state index is 0.116. The van der Waals surface area contributed by atoms with Gasteiger partial charge >= 0.3 is 0 Å². The lowest BCUT2D eigenvalue weighted by molar-refractivity contribution is 0.0858. The highest BCUT2D eigenvalue weighted by Gasteiger charge is 2.33. The third kappa shape index (κ3) is 2.62. The van der Waals surface area contributed by atoms with Crippen LogP contribution in [0.25, 0.3) is 0 Å². The lowest BCUT2D eigenvalue weighted by atomic mass is 9.77. The molecule has 2 heteroatoms. The van der Waals surface area contributed by atoms with Crippen molar-refractivity contribution in [2.24, 2.45) is 17.6 Å². The van der Waals surface area contributed by atoms with Crippen molar-refractivity contribution in [3.8, 4) is 5.75 Å². The molecule has 1 aliphatic heterocycles. The Hall–Kier alpha value is -1.28. The quantitative estimate of drug-likeness (QED) is 0.779. The Morgan fingerprint density at radius 2 is 2.00 bits per heavy atom. The third-order valence-corrected chi connectivity index (χ3v) is 4.68. The number of rotatable bonds is 1. The van der Waals surface area contributed by atoms with Gasteiger partial charge in [0.05, 0.1) is 0 Å². The standard InChI is InChI=1S/C18H25NO/c1-11-4-5-17-15(9-11)16(19)10-18(20-17)14-7-12(2)6-13(3)8-14/h4-6,9,12,14,16,18H,7-8,10,19H2,1-3H3. The second kappa shape index (κ2) is 5.25. The molecule has 0 bridgehead atoms. The van der Waals surface area contributed by atoms with Crippen molar-refractivity contribution in [3.63, 3.8) is 0 Å². The number of ether oxygens (including phenoxy) is 1. The zero-order chi connectivity index (χ0) is 14.3. The molecule has 2 nitrogen and oxygen atoms in total. The van der Waals surface area contributed by atoms with Crippen molar-refractivity contribution >= 4 is 0 Å². The highest BCUT2D eigenvalue weighted by atomic mass is 16.5. The van der Waals surface area contributed by atoms with Crippen LogP contribution in [0.3, 0.4) is 0 Å². The van der Waals surface area contributed by atoms with E-state index < -0.39 is 0 Å². The molecule has 1 aromatic rings. The van der Waals surface area contributed by atoms with E-state index in [2.05, 4.69) is 45.0 Å². The molecule has 3 rings (SSSR count). The summed E-state index contributed by atoms with van der Waals surface area (Å²) in [5, 5.41) is 0. The Bertz CT molecular complexity index is 534. The van der Waals surface area contributed by atoms with Crippen LogP contribution in [-0.2, 0) is 0 Å². The molecular weight excluding hydrogens is 246 g/mol. The van der Waals surface area contributed by atoms with Crippen LogP contribution >= 0.6 is 0 Å². The summed E-state index contributed by atoms with van der Waals surface area (Å²) in [6, 6.07) is 6.49. The summed E-state index contributed by atoms with van der Waals surface area (Å²) >= 11 is 0. The van der Waals surface area contributed by atoms with Gasteiger partial charge in [-0.15, -0.1) is 0 Å². The highest BCUT2D eigenvalue weighted by molar-refractivity contribution is 5.40. The smallest absolute Gasteiger partial charge is 0.124 e. The summed E-state index contributed by atoms with van der Waals surface area (Å²) in [5.41, 5.74) is 10.3. The van der Waals surface area contributed by atoms with Gasteiger partial charge in [-0.2, -0.15) is 0 Å². The molecule has 0 saturated heterocycles. The second-order valence-corrected chi connectivity index (χ2v) is 6.73. The highest BCUT2D eigenvalue weighted by Crippen LogP contribution is 2.40. The van der Waals surface area contributed by atoms with E-state index >= 15 is 0 Å². The number of hydrogen-bond donors (Lipinski definition) is 1. The molecule has 0 aromatic heterocycles. The first-order chi connectivity index (χ1) is 9.52. The van der Waals surface area contributed by atoms with E-state index in [0.29, 0.717) is 11.8 Å². The number of nitrogens with two attached hydrogens (primary N) is 1. The van der Waals surface area contributed by atoms with Crippen LogP contribution in [0.15, 0.2) is 29.8 Å². The fourth-order valence-corrected chi connectivity index (χ4v) is 3.82. The molecule has 1 aromatic carbocycles. The topological polar surface area (TPSA) is 35.2 Å². The summed E-state index contributed by atoms with van der Waals surface area (Å²) in [6.07, 6.45) is 5.99. The summed E-state index contributed by atoms with van der Waals surface area (Å²) in [6.45, 7) is 6.65. The molecule has 4 atom stereocenters. The minimum Gasteiger partial charge on any atom is -0.490 e. The molecule has 1 heterocycles. The number of benzene rings is 1. The summed E-state index contributed by atoms with van der Waals surface area (Å²) < 4.78 is 6.29. The van der Waals surface area contributed by atoms with Crippen molar-refractivity contribution in [2.75, 3.05) is 0 Å². The molecule has 0 fully saturated rings. The van der Waals surface area contributed by atoms with Crippen LogP contribution < -0.4 is 10.5 Å². The maximum absolute atomic E-state index is 6.39. The normalized spacial score (nSPS) is 33.1.